The summed E-state index contributed by atoms with van der Waals surface area (Å²) in [6, 6.07) is 16.0. The van der Waals surface area contributed by atoms with Crippen molar-refractivity contribution in [1.29, 1.82) is 0 Å². The van der Waals surface area contributed by atoms with Crippen LogP contribution in [0.3, 0.4) is 0 Å². The molecule has 142 valence electrons. The highest BCUT2D eigenvalue weighted by molar-refractivity contribution is 7.09. The van der Waals surface area contributed by atoms with E-state index in [0.717, 1.165) is 38.8 Å². The summed E-state index contributed by atoms with van der Waals surface area (Å²) < 4.78 is 5.85. The highest BCUT2D eigenvalue weighted by Gasteiger charge is 2.30. The Balaban J connectivity index is 1.60. The molecule has 2 nitrogen and oxygen atoms in total. The first kappa shape index (κ1) is 19.6. The Labute approximate surface area is 163 Å². The fourth-order valence-electron chi connectivity index (χ4n) is 4.15. The molecule has 0 saturated carbocycles. The summed E-state index contributed by atoms with van der Waals surface area (Å²) in [6.07, 6.45) is 5.71. The first-order valence-electron chi connectivity index (χ1n) is 9.88. The number of hydrogen-bond donors (Lipinski definition) is 1. The largest absolute Gasteiger partial charge is 0.375 e. The minimum atomic E-state index is 0.0141. The van der Waals surface area contributed by atoms with Gasteiger partial charge in [0, 0.05) is 17.5 Å². The van der Waals surface area contributed by atoms with Gasteiger partial charge in [-0.3, -0.25) is 0 Å². The summed E-state index contributed by atoms with van der Waals surface area (Å²) in [7, 11) is 0. The van der Waals surface area contributed by atoms with Gasteiger partial charge in [-0.2, -0.15) is 0 Å². The molecule has 2 aromatic rings. The summed E-state index contributed by atoms with van der Waals surface area (Å²) in [4.78, 5) is 1.50. The number of hydrogen-bond acceptors (Lipinski definition) is 3. The second-order valence-electron chi connectivity index (χ2n) is 8.73. The third-order valence-electron chi connectivity index (χ3n) is 5.51. The van der Waals surface area contributed by atoms with Gasteiger partial charge in [-0.15, -0.1) is 11.3 Å². The van der Waals surface area contributed by atoms with E-state index >= 15 is 0 Å². The molecule has 1 aromatic heterocycles. The molecule has 0 aliphatic carbocycles. The Morgan fingerprint density at radius 2 is 1.96 bits per heavy atom. The highest BCUT2D eigenvalue weighted by atomic mass is 32.1. The molecular weight excluding hydrogens is 338 g/mol. The van der Waals surface area contributed by atoms with E-state index in [-0.39, 0.29) is 11.0 Å². The zero-order valence-electron chi connectivity index (χ0n) is 16.5. The first-order valence-corrected chi connectivity index (χ1v) is 10.8. The van der Waals surface area contributed by atoms with Gasteiger partial charge < -0.3 is 10.1 Å². The normalized spacial score (nSPS) is 22.0. The van der Waals surface area contributed by atoms with Gasteiger partial charge in [-0.25, -0.2) is 0 Å². The zero-order chi connectivity index (χ0) is 18.5. The Morgan fingerprint density at radius 1 is 1.15 bits per heavy atom. The summed E-state index contributed by atoms with van der Waals surface area (Å²) in [6.45, 7) is 8.82. The Morgan fingerprint density at radius 3 is 2.65 bits per heavy atom. The van der Waals surface area contributed by atoms with Crippen LogP contribution in [-0.2, 0) is 17.6 Å². The standard InChI is InChI=1S/C23H33NOS/c1-22(2)17-20(11-14-25-22)24-13-12-23(3,18-21-10-7-15-26-21)16-19-8-5-4-6-9-19/h4-10,15,20,24H,11-14,16-18H2,1-3H3. The minimum Gasteiger partial charge on any atom is -0.375 e. The maximum absolute atomic E-state index is 5.85. The third-order valence-corrected chi connectivity index (χ3v) is 6.39. The van der Waals surface area contributed by atoms with Crippen LogP contribution in [0.1, 0.15) is 50.5 Å². The van der Waals surface area contributed by atoms with Crippen LogP contribution in [0.5, 0.6) is 0 Å². The lowest BCUT2D eigenvalue weighted by Crippen LogP contribution is -2.44. The quantitative estimate of drug-likeness (QED) is 0.664. The molecule has 0 bridgehead atoms. The molecular formula is C23H33NOS. The maximum Gasteiger partial charge on any atom is 0.0641 e. The SMILES string of the molecule is CC(CCNC1CCOC(C)(C)C1)(Cc1ccccc1)Cc1cccs1. The van der Waals surface area contributed by atoms with E-state index in [1.807, 2.05) is 11.3 Å². The van der Waals surface area contributed by atoms with Crippen molar-refractivity contribution < 1.29 is 4.74 Å². The molecule has 2 heterocycles. The van der Waals surface area contributed by atoms with Crippen LogP contribution in [0.2, 0.25) is 0 Å². The van der Waals surface area contributed by atoms with Gasteiger partial charge in [0.05, 0.1) is 5.60 Å². The van der Waals surface area contributed by atoms with Crippen molar-refractivity contribution in [2.75, 3.05) is 13.2 Å². The molecule has 1 N–H and O–H groups in total. The number of nitrogens with one attached hydrogen (secondary N) is 1. The second-order valence-corrected chi connectivity index (χ2v) is 9.76. The van der Waals surface area contributed by atoms with Crippen LogP contribution in [-0.4, -0.2) is 24.8 Å². The number of benzene rings is 1. The van der Waals surface area contributed by atoms with Crippen LogP contribution in [0, 0.1) is 5.41 Å². The van der Waals surface area contributed by atoms with Crippen LogP contribution in [0.4, 0.5) is 0 Å². The Bertz CT molecular complexity index is 652. The second kappa shape index (κ2) is 8.69. The fraction of sp³-hybridized carbons (Fsp3) is 0.565. The molecule has 2 unspecified atom stereocenters. The molecule has 3 rings (SSSR count). The molecule has 2 atom stereocenters. The average Bonchev–Trinajstić information content (AvgIpc) is 3.07. The fourth-order valence-corrected chi connectivity index (χ4v) is 5.07. The number of thiophene rings is 1. The van der Waals surface area contributed by atoms with Crippen molar-refractivity contribution in [3.8, 4) is 0 Å². The summed E-state index contributed by atoms with van der Waals surface area (Å²) in [5.41, 5.74) is 1.74. The van der Waals surface area contributed by atoms with Gasteiger partial charge in [0.2, 0.25) is 0 Å². The molecule has 1 aliphatic rings. The van der Waals surface area contributed by atoms with Crippen molar-refractivity contribution >= 4 is 11.3 Å². The summed E-state index contributed by atoms with van der Waals surface area (Å²) >= 11 is 1.88. The van der Waals surface area contributed by atoms with E-state index in [1.165, 1.54) is 16.9 Å². The Hall–Kier alpha value is -1.16. The minimum absolute atomic E-state index is 0.0141. The van der Waals surface area contributed by atoms with E-state index in [1.54, 1.807) is 0 Å². The van der Waals surface area contributed by atoms with E-state index < -0.39 is 0 Å². The van der Waals surface area contributed by atoms with E-state index in [0.29, 0.717) is 6.04 Å². The van der Waals surface area contributed by atoms with Crippen molar-refractivity contribution in [3.05, 3.63) is 58.3 Å². The molecule has 1 aromatic carbocycles. The lowest BCUT2D eigenvalue weighted by Gasteiger charge is -2.37. The predicted octanol–water partition coefficient (Wildman–Crippen LogP) is 5.48. The van der Waals surface area contributed by atoms with E-state index in [9.17, 15) is 0 Å². The van der Waals surface area contributed by atoms with E-state index in [2.05, 4.69) is 73.9 Å². The van der Waals surface area contributed by atoms with Crippen molar-refractivity contribution in [2.45, 2.75) is 64.5 Å². The van der Waals surface area contributed by atoms with Crippen molar-refractivity contribution in [3.63, 3.8) is 0 Å². The monoisotopic (exact) mass is 371 g/mol. The van der Waals surface area contributed by atoms with Gasteiger partial charge in [0.25, 0.3) is 0 Å². The van der Waals surface area contributed by atoms with Gasteiger partial charge in [0.1, 0.15) is 0 Å². The lowest BCUT2D eigenvalue weighted by atomic mass is 9.77. The molecule has 1 saturated heterocycles. The van der Waals surface area contributed by atoms with E-state index in [4.69, 9.17) is 4.74 Å². The average molecular weight is 372 g/mol. The number of rotatable bonds is 8. The molecule has 1 fully saturated rings. The topological polar surface area (TPSA) is 21.3 Å². The van der Waals surface area contributed by atoms with Crippen LogP contribution < -0.4 is 5.32 Å². The summed E-state index contributed by atoms with van der Waals surface area (Å²) in [5, 5.41) is 6.02. The van der Waals surface area contributed by atoms with Crippen molar-refractivity contribution in [1.82, 2.24) is 5.32 Å². The van der Waals surface area contributed by atoms with Gasteiger partial charge in [-0.1, -0.05) is 43.3 Å². The first-order chi connectivity index (χ1) is 12.4. The van der Waals surface area contributed by atoms with Gasteiger partial charge in [-0.05, 0) is 74.9 Å². The molecule has 0 radical (unpaired) electrons. The van der Waals surface area contributed by atoms with Gasteiger partial charge >= 0.3 is 0 Å². The highest BCUT2D eigenvalue weighted by Crippen LogP contribution is 2.33. The third kappa shape index (κ3) is 5.94. The molecule has 1 aliphatic heterocycles. The summed E-state index contributed by atoms with van der Waals surface area (Å²) in [5.74, 6) is 0. The molecule has 0 amide bonds. The van der Waals surface area contributed by atoms with Gasteiger partial charge in [0.15, 0.2) is 0 Å². The molecule has 26 heavy (non-hydrogen) atoms. The molecule has 3 heteroatoms. The van der Waals surface area contributed by atoms with Crippen molar-refractivity contribution in [2.24, 2.45) is 5.41 Å². The predicted molar refractivity (Wildman–Crippen MR) is 112 cm³/mol. The smallest absolute Gasteiger partial charge is 0.0641 e. The molecule has 0 spiro atoms. The van der Waals surface area contributed by atoms with Crippen LogP contribution in [0.15, 0.2) is 47.8 Å². The van der Waals surface area contributed by atoms with Crippen LogP contribution >= 0.6 is 11.3 Å². The maximum atomic E-state index is 5.85. The number of ether oxygens (including phenoxy) is 1. The lowest BCUT2D eigenvalue weighted by molar-refractivity contribution is -0.0630. The van der Waals surface area contributed by atoms with Crippen LogP contribution in [0.25, 0.3) is 0 Å². The Kier molecular flexibility index (Phi) is 6.55. The zero-order valence-corrected chi connectivity index (χ0v) is 17.3.